The fraction of sp³-hybridized carbons (Fsp3) is 0.179. The summed E-state index contributed by atoms with van der Waals surface area (Å²) in [6.45, 7) is 3.63. The third-order valence-corrected chi connectivity index (χ3v) is 8.96. The quantitative estimate of drug-likeness (QED) is 0.157. The van der Waals surface area contributed by atoms with Crippen molar-refractivity contribution < 1.29 is 28.3 Å². The van der Waals surface area contributed by atoms with E-state index in [9.17, 15) is 19.7 Å². The molecule has 214 valence electrons. The van der Waals surface area contributed by atoms with Crippen LogP contribution in [0, 0.1) is 10.1 Å². The molecule has 2 aliphatic rings. The largest absolute Gasteiger partial charge is 0.463 e. The Morgan fingerprint density at radius 2 is 2.05 bits per heavy atom. The van der Waals surface area contributed by atoms with E-state index in [0.717, 1.165) is 11.3 Å². The predicted octanol–water partition coefficient (Wildman–Crippen LogP) is 5.11. The summed E-state index contributed by atoms with van der Waals surface area (Å²) in [7, 11) is 0. The normalized spacial score (nSPS) is 15.9. The minimum atomic E-state index is -0.824. The van der Waals surface area contributed by atoms with Crippen LogP contribution < -0.4 is 24.4 Å². The van der Waals surface area contributed by atoms with Crippen LogP contribution in [0.5, 0.6) is 11.5 Å². The van der Waals surface area contributed by atoms with E-state index >= 15 is 0 Å². The number of nitro benzene ring substituents is 1. The SMILES string of the molecule is CCOC(=O)C1=C(C)N=c2s/c(=C\c3ccc(-c4cc(Cl)c(Br)c([N+](=O)[O-])c4)o3)c(=O)n2[C@@H]1c1ccc2c(c1)OCO2. The lowest BCUT2D eigenvalue weighted by atomic mass is 9.95. The second-order valence-electron chi connectivity index (χ2n) is 9.17. The number of ether oxygens (including phenoxy) is 3. The van der Waals surface area contributed by atoms with Gasteiger partial charge in [-0.25, -0.2) is 9.79 Å². The van der Waals surface area contributed by atoms with E-state index in [0.29, 0.717) is 49.2 Å². The van der Waals surface area contributed by atoms with Crippen molar-refractivity contribution >= 4 is 56.6 Å². The molecule has 2 aliphatic heterocycles. The molecule has 0 saturated carbocycles. The zero-order valence-corrected chi connectivity index (χ0v) is 25.0. The maximum atomic E-state index is 13.9. The molecule has 4 aromatic rings. The first-order valence-corrected chi connectivity index (χ1v) is 14.5. The summed E-state index contributed by atoms with van der Waals surface area (Å²) in [5.41, 5.74) is 1.09. The third kappa shape index (κ3) is 4.82. The lowest BCUT2D eigenvalue weighted by Crippen LogP contribution is -2.39. The number of aromatic nitrogens is 1. The molecule has 0 amide bonds. The summed E-state index contributed by atoms with van der Waals surface area (Å²) in [4.78, 5) is 42.8. The van der Waals surface area contributed by atoms with Gasteiger partial charge < -0.3 is 18.6 Å². The van der Waals surface area contributed by atoms with E-state index in [-0.39, 0.29) is 34.2 Å². The highest BCUT2D eigenvalue weighted by molar-refractivity contribution is 9.10. The number of carbonyl (C=O) groups is 1. The molecule has 0 spiro atoms. The first kappa shape index (κ1) is 27.9. The highest BCUT2D eigenvalue weighted by Crippen LogP contribution is 2.39. The van der Waals surface area contributed by atoms with E-state index < -0.39 is 22.5 Å². The highest BCUT2D eigenvalue weighted by atomic mass is 79.9. The number of carbonyl (C=O) groups excluding carboxylic acids is 1. The number of nitro groups is 1. The maximum absolute atomic E-state index is 13.9. The van der Waals surface area contributed by atoms with Gasteiger partial charge in [-0.2, -0.15) is 0 Å². The van der Waals surface area contributed by atoms with Gasteiger partial charge in [-0.3, -0.25) is 19.5 Å². The molecule has 4 heterocycles. The Morgan fingerprint density at radius 1 is 1.26 bits per heavy atom. The zero-order valence-electron chi connectivity index (χ0n) is 21.9. The zero-order chi connectivity index (χ0) is 29.7. The van der Waals surface area contributed by atoms with Crippen LogP contribution in [0.4, 0.5) is 5.69 Å². The monoisotopic (exact) mass is 671 g/mol. The molecule has 11 nitrogen and oxygen atoms in total. The van der Waals surface area contributed by atoms with Crippen molar-refractivity contribution in [2.45, 2.75) is 19.9 Å². The number of rotatable bonds is 6. The molecule has 2 aromatic heterocycles. The van der Waals surface area contributed by atoms with E-state index in [1.807, 2.05) is 0 Å². The topological polar surface area (TPSA) is 135 Å². The molecule has 0 bridgehead atoms. The minimum absolute atomic E-state index is 0.0755. The molecular weight excluding hydrogens is 654 g/mol. The summed E-state index contributed by atoms with van der Waals surface area (Å²) < 4.78 is 24.2. The van der Waals surface area contributed by atoms with Crippen LogP contribution in [-0.4, -0.2) is 28.9 Å². The summed E-state index contributed by atoms with van der Waals surface area (Å²) in [6.07, 6.45) is 1.56. The molecule has 14 heteroatoms. The molecule has 42 heavy (non-hydrogen) atoms. The molecule has 0 N–H and O–H groups in total. The number of nitrogens with zero attached hydrogens (tertiary/aromatic N) is 3. The Morgan fingerprint density at radius 3 is 2.81 bits per heavy atom. The number of furan rings is 1. The average molecular weight is 673 g/mol. The van der Waals surface area contributed by atoms with Crippen molar-refractivity contribution in [3.8, 4) is 22.8 Å². The number of thiazole rings is 1. The van der Waals surface area contributed by atoms with E-state index in [1.54, 1.807) is 56.3 Å². The second kappa shape index (κ2) is 10.9. The van der Waals surface area contributed by atoms with Crippen molar-refractivity contribution in [3.63, 3.8) is 0 Å². The second-order valence-corrected chi connectivity index (χ2v) is 11.4. The summed E-state index contributed by atoms with van der Waals surface area (Å²) in [6, 6.07) is 10.6. The fourth-order valence-electron chi connectivity index (χ4n) is 4.75. The molecule has 0 saturated heterocycles. The van der Waals surface area contributed by atoms with Gasteiger partial charge >= 0.3 is 5.97 Å². The van der Waals surface area contributed by atoms with Crippen LogP contribution in [0.25, 0.3) is 17.4 Å². The fourth-order valence-corrected chi connectivity index (χ4v) is 6.37. The molecular formula is C28H19BrClN3O8S. The van der Waals surface area contributed by atoms with Gasteiger partial charge in [0.15, 0.2) is 16.3 Å². The Hall–Kier alpha value is -4.20. The number of allylic oxidation sites excluding steroid dienone is 1. The van der Waals surface area contributed by atoms with Crippen molar-refractivity contribution in [3.05, 3.63) is 104 Å². The van der Waals surface area contributed by atoms with Gasteiger partial charge in [-0.15, -0.1) is 0 Å². The van der Waals surface area contributed by atoms with Gasteiger partial charge in [0, 0.05) is 17.7 Å². The third-order valence-electron chi connectivity index (χ3n) is 6.62. The average Bonchev–Trinajstić information content (AvgIpc) is 3.68. The summed E-state index contributed by atoms with van der Waals surface area (Å²) >= 11 is 10.5. The predicted molar refractivity (Wildman–Crippen MR) is 156 cm³/mol. The van der Waals surface area contributed by atoms with Crippen LogP contribution in [0.3, 0.4) is 0 Å². The number of fused-ring (bicyclic) bond motifs is 2. The maximum Gasteiger partial charge on any atom is 0.338 e. The van der Waals surface area contributed by atoms with Crippen LogP contribution in [0.15, 0.2) is 72.4 Å². The molecule has 0 radical (unpaired) electrons. The van der Waals surface area contributed by atoms with Gasteiger partial charge in [0.1, 0.15) is 16.0 Å². The van der Waals surface area contributed by atoms with Gasteiger partial charge in [-0.05, 0) is 65.7 Å². The highest BCUT2D eigenvalue weighted by Gasteiger charge is 2.34. The molecule has 0 aliphatic carbocycles. The van der Waals surface area contributed by atoms with Gasteiger partial charge in [-0.1, -0.05) is 29.0 Å². The van der Waals surface area contributed by atoms with Crippen molar-refractivity contribution in [2.75, 3.05) is 13.4 Å². The van der Waals surface area contributed by atoms with Crippen LogP contribution in [0.1, 0.15) is 31.2 Å². The van der Waals surface area contributed by atoms with E-state index in [2.05, 4.69) is 20.9 Å². The molecule has 1 atom stereocenters. The van der Waals surface area contributed by atoms with Gasteiger partial charge in [0.25, 0.3) is 11.2 Å². The first-order chi connectivity index (χ1) is 20.2. The smallest absolute Gasteiger partial charge is 0.338 e. The van der Waals surface area contributed by atoms with Crippen LogP contribution >= 0.6 is 38.9 Å². The van der Waals surface area contributed by atoms with Gasteiger partial charge in [0.05, 0.1) is 38.4 Å². The Labute approximate surface area is 254 Å². The Kier molecular flexibility index (Phi) is 7.25. The number of benzene rings is 2. The van der Waals surface area contributed by atoms with Crippen molar-refractivity contribution in [1.29, 1.82) is 0 Å². The standard InChI is InChI=1S/C28H19BrClN3O8S/c1-3-38-27(35)23-13(2)31-28-32(25(23)14-4-6-20-21(10-14)40-12-39-20)26(34)22(42-28)11-16-5-7-19(41-16)15-8-17(30)24(29)18(9-15)33(36)37/h4-11,25H,3,12H2,1-2H3/b22-11-/t25-/m1/s1. The molecule has 6 rings (SSSR count). The lowest BCUT2D eigenvalue weighted by molar-refractivity contribution is -0.385. The minimum Gasteiger partial charge on any atom is -0.463 e. The van der Waals surface area contributed by atoms with Crippen molar-refractivity contribution in [2.24, 2.45) is 4.99 Å². The van der Waals surface area contributed by atoms with Crippen molar-refractivity contribution in [1.82, 2.24) is 4.57 Å². The Balaban J connectivity index is 1.46. The summed E-state index contributed by atoms with van der Waals surface area (Å²) in [5.74, 6) is 1.15. The van der Waals surface area contributed by atoms with E-state index in [1.165, 1.54) is 10.6 Å². The van der Waals surface area contributed by atoms with Crippen LogP contribution in [-0.2, 0) is 9.53 Å². The first-order valence-electron chi connectivity index (χ1n) is 12.5. The summed E-state index contributed by atoms with van der Waals surface area (Å²) in [5, 5.41) is 11.6. The molecule has 0 unspecified atom stereocenters. The van der Waals surface area contributed by atoms with E-state index in [4.69, 9.17) is 30.2 Å². The lowest BCUT2D eigenvalue weighted by Gasteiger charge is -2.24. The van der Waals surface area contributed by atoms with Gasteiger partial charge in [0.2, 0.25) is 6.79 Å². The van der Waals surface area contributed by atoms with Crippen LogP contribution in [0.2, 0.25) is 5.02 Å². The molecule has 0 fully saturated rings. The Bertz CT molecular complexity index is 2010. The number of halogens is 2. The number of esters is 1. The number of hydrogen-bond donors (Lipinski definition) is 0. The number of hydrogen-bond acceptors (Lipinski definition) is 10. The molecule has 2 aromatic carbocycles.